The molecule has 0 radical (unpaired) electrons. The van der Waals surface area contributed by atoms with Crippen molar-refractivity contribution in [3.05, 3.63) is 55.0 Å². The van der Waals surface area contributed by atoms with Crippen LogP contribution in [0.1, 0.15) is 19.3 Å². The highest BCUT2D eigenvalue weighted by Gasteiger charge is 2.13. The molecule has 1 aliphatic heterocycles. The van der Waals surface area contributed by atoms with Gasteiger partial charge in [-0.2, -0.15) is 5.10 Å². The highest BCUT2D eigenvalue weighted by atomic mass is 16.5. The van der Waals surface area contributed by atoms with Gasteiger partial charge in [0.25, 0.3) is 0 Å². The molecule has 3 aromatic heterocycles. The largest absolute Gasteiger partial charge is 0.497 e. The number of aromatic nitrogens is 4. The Morgan fingerprint density at radius 3 is 2.38 bits per heavy atom. The normalized spacial score (nSPS) is 13.9. The summed E-state index contributed by atoms with van der Waals surface area (Å²) in [6.45, 7) is 2.16. The highest BCUT2D eigenvalue weighted by Crippen LogP contribution is 2.32. The molecule has 0 amide bonds. The summed E-state index contributed by atoms with van der Waals surface area (Å²) in [6, 6.07) is 11.8. The average Bonchev–Trinajstić information content (AvgIpc) is 3.28. The van der Waals surface area contributed by atoms with E-state index in [0.29, 0.717) is 11.5 Å². The summed E-state index contributed by atoms with van der Waals surface area (Å²) in [4.78, 5) is 11.8. The molecule has 0 unspecified atom stereocenters. The number of methoxy groups -OCH3 is 2. The number of piperidine rings is 1. The molecule has 1 N–H and O–H groups in total. The molecule has 0 bridgehead atoms. The van der Waals surface area contributed by atoms with E-state index in [2.05, 4.69) is 26.4 Å². The summed E-state index contributed by atoms with van der Waals surface area (Å²) in [7, 11) is 3.28. The number of fused-ring (bicyclic) bond motifs is 1. The molecule has 1 aromatic carbocycles. The first kappa shape index (κ1) is 20.1. The van der Waals surface area contributed by atoms with Gasteiger partial charge in [0.15, 0.2) is 5.65 Å². The Morgan fingerprint density at radius 2 is 1.69 bits per heavy atom. The lowest BCUT2D eigenvalue weighted by Gasteiger charge is -2.27. The van der Waals surface area contributed by atoms with Crippen molar-refractivity contribution < 1.29 is 9.47 Å². The van der Waals surface area contributed by atoms with Crippen molar-refractivity contribution in [2.45, 2.75) is 19.3 Å². The molecular formula is C24H26N6O2. The van der Waals surface area contributed by atoms with Gasteiger partial charge in [-0.05, 0) is 55.2 Å². The summed E-state index contributed by atoms with van der Waals surface area (Å²) in [5.74, 6) is 3.19. The Bertz CT molecular complexity index is 1190. The average molecular weight is 431 g/mol. The number of hydrogen-bond donors (Lipinski definition) is 1. The van der Waals surface area contributed by atoms with E-state index < -0.39 is 0 Å². The number of benzene rings is 1. The predicted molar refractivity (Wildman–Crippen MR) is 125 cm³/mol. The molecule has 1 aliphatic rings. The van der Waals surface area contributed by atoms with Crippen LogP contribution in [0.4, 0.5) is 17.3 Å². The van der Waals surface area contributed by atoms with Gasteiger partial charge < -0.3 is 19.7 Å². The van der Waals surface area contributed by atoms with Crippen LogP contribution >= 0.6 is 0 Å². The molecule has 1 fully saturated rings. The molecule has 164 valence electrons. The maximum absolute atomic E-state index is 5.41. The Morgan fingerprint density at radius 1 is 0.906 bits per heavy atom. The van der Waals surface area contributed by atoms with Gasteiger partial charge in [-0.15, -0.1) is 0 Å². The SMILES string of the molecule is COc1cc(OC)cc(-c2cnn3ccc(Nc4ccc(N5CCCCC5)nc4)nc23)c1. The maximum atomic E-state index is 5.41. The van der Waals surface area contributed by atoms with Crippen LogP contribution in [0.25, 0.3) is 16.8 Å². The molecular weight excluding hydrogens is 404 g/mol. The van der Waals surface area contributed by atoms with E-state index in [1.165, 1.54) is 19.3 Å². The van der Waals surface area contributed by atoms with Crippen molar-refractivity contribution in [1.82, 2.24) is 19.6 Å². The van der Waals surface area contributed by atoms with Crippen LogP contribution in [-0.2, 0) is 0 Å². The summed E-state index contributed by atoms with van der Waals surface area (Å²) in [6.07, 6.45) is 9.33. The third-order valence-corrected chi connectivity index (χ3v) is 5.73. The number of rotatable bonds is 6. The fourth-order valence-corrected chi connectivity index (χ4v) is 4.02. The first-order chi connectivity index (χ1) is 15.7. The molecule has 0 saturated carbocycles. The van der Waals surface area contributed by atoms with Gasteiger partial charge in [-0.3, -0.25) is 0 Å². The minimum absolute atomic E-state index is 0.716. The summed E-state index contributed by atoms with van der Waals surface area (Å²) in [5.41, 5.74) is 3.45. The van der Waals surface area contributed by atoms with Crippen molar-refractivity contribution >= 4 is 23.0 Å². The summed E-state index contributed by atoms with van der Waals surface area (Å²) < 4.78 is 12.6. The van der Waals surface area contributed by atoms with Crippen LogP contribution in [0.15, 0.2) is 55.0 Å². The zero-order valence-corrected chi connectivity index (χ0v) is 18.3. The first-order valence-corrected chi connectivity index (χ1v) is 10.8. The molecule has 8 heteroatoms. The van der Waals surface area contributed by atoms with Gasteiger partial charge >= 0.3 is 0 Å². The fourth-order valence-electron chi connectivity index (χ4n) is 4.02. The molecule has 4 aromatic rings. The lowest BCUT2D eigenvalue weighted by molar-refractivity contribution is 0.394. The highest BCUT2D eigenvalue weighted by molar-refractivity contribution is 5.79. The second-order valence-electron chi connectivity index (χ2n) is 7.82. The van der Waals surface area contributed by atoms with E-state index >= 15 is 0 Å². The van der Waals surface area contributed by atoms with E-state index in [-0.39, 0.29) is 0 Å². The van der Waals surface area contributed by atoms with Crippen LogP contribution in [0.3, 0.4) is 0 Å². The van der Waals surface area contributed by atoms with E-state index in [1.807, 2.05) is 42.7 Å². The number of anilines is 3. The van der Waals surface area contributed by atoms with Crippen LogP contribution in [0, 0.1) is 0 Å². The number of ether oxygens (including phenoxy) is 2. The number of hydrogen-bond acceptors (Lipinski definition) is 7. The third kappa shape index (κ3) is 4.03. The van der Waals surface area contributed by atoms with Gasteiger partial charge in [-0.25, -0.2) is 14.5 Å². The molecule has 0 aliphatic carbocycles. The molecule has 8 nitrogen and oxygen atoms in total. The summed E-state index contributed by atoms with van der Waals surface area (Å²) in [5, 5.41) is 7.80. The van der Waals surface area contributed by atoms with Crippen LogP contribution in [0.2, 0.25) is 0 Å². The van der Waals surface area contributed by atoms with Crippen molar-refractivity contribution in [2.75, 3.05) is 37.5 Å². The van der Waals surface area contributed by atoms with Gasteiger partial charge in [0, 0.05) is 30.9 Å². The van der Waals surface area contributed by atoms with Crippen molar-refractivity contribution in [1.29, 1.82) is 0 Å². The Labute approximate surface area is 186 Å². The van der Waals surface area contributed by atoms with E-state index in [4.69, 9.17) is 14.5 Å². The van der Waals surface area contributed by atoms with Crippen LogP contribution in [0.5, 0.6) is 11.5 Å². The molecule has 0 atom stereocenters. The van der Waals surface area contributed by atoms with Gasteiger partial charge in [0.1, 0.15) is 23.1 Å². The smallest absolute Gasteiger partial charge is 0.165 e. The van der Waals surface area contributed by atoms with E-state index in [9.17, 15) is 0 Å². The lowest BCUT2D eigenvalue weighted by atomic mass is 10.1. The molecule has 1 saturated heterocycles. The predicted octanol–water partition coefficient (Wildman–Crippen LogP) is 4.54. The second-order valence-corrected chi connectivity index (χ2v) is 7.82. The molecule has 32 heavy (non-hydrogen) atoms. The second kappa shape index (κ2) is 8.74. The minimum atomic E-state index is 0.716. The third-order valence-electron chi connectivity index (χ3n) is 5.73. The standard InChI is InChI=1S/C24H26N6O2/c1-31-19-12-17(13-20(14-19)32-2)21-16-26-30-11-8-22(28-24(21)30)27-18-6-7-23(25-15-18)29-9-4-3-5-10-29/h6-8,11-16H,3-5,9-10H2,1-2H3,(H,27,28). The van der Waals surface area contributed by atoms with Gasteiger partial charge in [-0.1, -0.05) is 0 Å². The van der Waals surface area contributed by atoms with E-state index in [0.717, 1.165) is 47.2 Å². The minimum Gasteiger partial charge on any atom is -0.497 e. The molecule has 4 heterocycles. The number of pyridine rings is 1. The fraction of sp³-hybridized carbons (Fsp3) is 0.292. The Kier molecular flexibility index (Phi) is 5.49. The van der Waals surface area contributed by atoms with Crippen LogP contribution in [-0.4, -0.2) is 46.9 Å². The topological polar surface area (TPSA) is 76.8 Å². The van der Waals surface area contributed by atoms with Crippen molar-refractivity contribution in [2.24, 2.45) is 0 Å². The van der Waals surface area contributed by atoms with E-state index in [1.54, 1.807) is 24.9 Å². The molecule has 5 rings (SSSR count). The van der Waals surface area contributed by atoms with Gasteiger partial charge in [0.2, 0.25) is 0 Å². The maximum Gasteiger partial charge on any atom is 0.165 e. The summed E-state index contributed by atoms with van der Waals surface area (Å²) >= 11 is 0. The zero-order valence-electron chi connectivity index (χ0n) is 18.3. The number of nitrogens with one attached hydrogen (secondary N) is 1. The monoisotopic (exact) mass is 430 g/mol. The Balaban J connectivity index is 1.42. The molecule has 0 spiro atoms. The Hall–Kier alpha value is -3.81. The van der Waals surface area contributed by atoms with Crippen molar-refractivity contribution in [3.63, 3.8) is 0 Å². The quantitative estimate of drug-likeness (QED) is 0.481. The van der Waals surface area contributed by atoms with Crippen LogP contribution < -0.4 is 19.7 Å². The van der Waals surface area contributed by atoms with Gasteiger partial charge in [0.05, 0.1) is 32.3 Å². The first-order valence-electron chi connectivity index (χ1n) is 10.8. The zero-order chi connectivity index (χ0) is 21.9. The van der Waals surface area contributed by atoms with Crippen molar-refractivity contribution in [3.8, 4) is 22.6 Å². The number of nitrogens with zero attached hydrogens (tertiary/aromatic N) is 5. The lowest BCUT2D eigenvalue weighted by Crippen LogP contribution is -2.29.